The number of hydrogen-bond acceptors (Lipinski definition) is 3. The van der Waals surface area contributed by atoms with E-state index in [1.54, 1.807) is 13.1 Å². The molecule has 0 saturated carbocycles. The lowest BCUT2D eigenvalue weighted by molar-refractivity contribution is 0.298. The molecule has 2 aromatic rings. The number of nitrogens with zero attached hydrogens (tertiary/aromatic N) is 1. The normalized spacial score (nSPS) is 10.2. The molecule has 1 aromatic carbocycles. The van der Waals surface area contributed by atoms with Crippen molar-refractivity contribution < 1.29 is 13.5 Å². The average molecular weight is 250 g/mol. The van der Waals surface area contributed by atoms with Crippen molar-refractivity contribution in [3.8, 4) is 5.75 Å². The quantitative estimate of drug-likeness (QED) is 0.905. The van der Waals surface area contributed by atoms with Crippen molar-refractivity contribution in [1.29, 1.82) is 0 Å². The van der Waals surface area contributed by atoms with Crippen LogP contribution in [0, 0.1) is 11.6 Å². The molecule has 1 N–H and O–H groups in total. The lowest BCUT2D eigenvalue weighted by atomic mass is 10.3. The fourth-order valence-corrected chi connectivity index (χ4v) is 1.47. The number of aromatic nitrogens is 1. The number of hydrogen-bond donors (Lipinski definition) is 1. The van der Waals surface area contributed by atoms with Gasteiger partial charge < -0.3 is 10.1 Å². The Labute approximate surface area is 103 Å². The van der Waals surface area contributed by atoms with Gasteiger partial charge in [0.25, 0.3) is 0 Å². The smallest absolute Gasteiger partial charge is 0.130 e. The van der Waals surface area contributed by atoms with Crippen LogP contribution >= 0.6 is 0 Å². The lowest BCUT2D eigenvalue weighted by Gasteiger charge is -2.07. The van der Waals surface area contributed by atoms with Crippen LogP contribution in [0.3, 0.4) is 0 Å². The first-order valence-electron chi connectivity index (χ1n) is 5.40. The topological polar surface area (TPSA) is 34.1 Å². The van der Waals surface area contributed by atoms with E-state index in [9.17, 15) is 8.78 Å². The molecule has 2 rings (SSSR count). The van der Waals surface area contributed by atoms with Crippen molar-refractivity contribution in [3.05, 3.63) is 53.7 Å². The third kappa shape index (κ3) is 3.16. The second-order valence-electron chi connectivity index (χ2n) is 3.66. The molecule has 94 valence electrons. The maximum absolute atomic E-state index is 12.9. The molecule has 0 aliphatic rings. The van der Waals surface area contributed by atoms with E-state index in [2.05, 4.69) is 10.3 Å². The van der Waals surface area contributed by atoms with Gasteiger partial charge in [-0.1, -0.05) is 6.07 Å². The highest BCUT2D eigenvalue weighted by molar-refractivity contribution is 5.34. The Hall–Kier alpha value is -2.17. The minimum atomic E-state index is -0.665. The van der Waals surface area contributed by atoms with Crippen molar-refractivity contribution in [3.63, 3.8) is 0 Å². The highest BCUT2D eigenvalue weighted by Gasteiger charge is 2.03. The zero-order valence-corrected chi connectivity index (χ0v) is 9.78. The fourth-order valence-electron chi connectivity index (χ4n) is 1.47. The SMILES string of the molecule is CNc1cccc(COc2cc(F)cc(F)c2)n1. The van der Waals surface area contributed by atoms with Gasteiger partial charge in [-0.05, 0) is 12.1 Å². The summed E-state index contributed by atoms with van der Waals surface area (Å²) >= 11 is 0. The van der Waals surface area contributed by atoms with E-state index in [0.717, 1.165) is 18.2 Å². The molecule has 0 spiro atoms. The molecule has 0 atom stereocenters. The summed E-state index contributed by atoms with van der Waals surface area (Å²) in [5, 5.41) is 2.90. The van der Waals surface area contributed by atoms with Gasteiger partial charge in [-0.25, -0.2) is 13.8 Å². The average Bonchev–Trinajstić information content (AvgIpc) is 2.35. The van der Waals surface area contributed by atoms with E-state index in [4.69, 9.17) is 4.74 Å². The van der Waals surface area contributed by atoms with Crippen LogP contribution in [-0.2, 0) is 6.61 Å². The number of anilines is 1. The van der Waals surface area contributed by atoms with Gasteiger partial charge in [-0.2, -0.15) is 0 Å². The van der Waals surface area contributed by atoms with Gasteiger partial charge in [0, 0.05) is 25.2 Å². The number of rotatable bonds is 4. The Bertz CT molecular complexity index is 526. The van der Waals surface area contributed by atoms with Crippen molar-refractivity contribution in [1.82, 2.24) is 4.98 Å². The molecular weight excluding hydrogens is 238 g/mol. The van der Waals surface area contributed by atoms with E-state index in [1.807, 2.05) is 12.1 Å². The van der Waals surface area contributed by atoms with Gasteiger partial charge in [0.1, 0.15) is 29.8 Å². The predicted molar refractivity (Wildman–Crippen MR) is 64.5 cm³/mol. The van der Waals surface area contributed by atoms with Gasteiger partial charge in [0.15, 0.2) is 0 Å². The summed E-state index contributed by atoms with van der Waals surface area (Å²) in [6.07, 6.45) is 0. The van der Waals surface area contributed by atoms with Crippen molar-refractivity contribution >= 4 is 5.82 Å². The highest BCUT2D eigenvalue weighted by atomic mass is 19.1. The third-order valence-electron chi connectivity index (χ3n) is 2.29. The molecule has 3 nitrogen and oxygen atoms in total. The van der Waals surface area contributed by atoms with E-state index in [0.29, 0.717) is 11.5 Å². The van der Waals surface area contributed by atoms with Crippen LogP contribution in [0.4, 0.5) is 14.6 Å². The molecule has 0 saturated heterocycles. The molecule has 5 heteroatoms. The van der Waals surface area contributed by atoms with E-state index in [1.165, 1.54) is 0 Å². The zero-order valence-electron chi connectivity index (χ0n) is 9.78. The second-order valence-corrected chi connectivity index (χ2v) is 3.66. The first-order valence-corrected chi connectivity index (χ1v) is 5.40. The summed E-state index contributed by atoms with van der Waals surface area (Å²) in [5.41, 5.74) is 0.673. The summed E-state index contributed by atoms with van der Waals surface area (Å²) in [6.45, 7) is 0.151. The minimum absolute atomic E-state index is 0.143. The minimum Gasteiger partial charge on any atom is -0.487 e. The molecule has 0 amide bonds. The number of benzene rings is 1. The van der Waals surface area contributed by atoms with Gasteiger partial charge in [-0.3, -0.25) is 0 Å². The largest absolute Gasteiger partial charge is 0.487 e. The molecule has 0 unspecified atom stereocenters. The van der Waals surface area contributed by atoms with Crippen LogP contribution in [0.5, 0.6) is 5.75 Å². The summed E-state index contributed by atoms with van der Waals surface area (Å²) < 4.78 is 31.1. The molecule has 1 heterocycles. The summed E-state index contributed by atoms with van der Waals surface area (Å²) in [5.74, 6) is -0.477. The lowest BCUT2D eigenvalue weighted by Crippen LogP contribution is -2.01. The molecule has 0 fully saturated rings. The van der Waals surface area contributed by atoms with Crippen molar-refractivity contribution in [2.45, 2.75) is 6.61 Å². The number of pyridine rings is 1. The van der Waals surface area contributed by atoms with Gasteiger partial charge in [0.2, 0.25) is 0 Å². The highest BCUT2D eigenvalue weighted by Crippen LogP contribution is 2.16. The van der Waals surface area contributed by atoms with Crippen LogP contribution < -0.4 is 10.1 Å². The van der Waals surface area contributed by atoms with Crippen LogP contribution in [-0.4, -0.2) is 12.0 Å². The number of ether oxygens (including phenoxy) is 1. The Morgan fingerprint density at radius 1 is 1.17 bits per heavy atom. The fraction of sp³-hybridized carbons (Fsp3) is 0.154. The number of halogens is 2. The van der Waals surface area contributed by atoms with Gasteiger partial charge in [-0.15, -0.1) is 0 Å². The van der Waals surface area contributed by atoms with Crippen molar-refractivity contribution in [2.75, 3.05) is 12.4 Å². The standard InChI is InChI=1S/C13H12F2N2O/c1-16-13-4-2-3-11(17-13)8-18-12-6-9(14)5-10(15)7-12/h2-7H,8H2,1H3,(H,16,17). The Morgan fingerprint density at radius 2 is 1.89 bits per heavy atom. The molecule has 0 aliphatic carbocycles. The Balaban J connectivity index is 2.06. The molecule has 18 heavy (non-hydrogen) atoms. The van der Waals surface area contributed by atoms with Gasteiger partial charge in [0.05, 0.1) is 5.69 Å². The first kappa shape index (κ1) is 12.3. The number of nitrogens with one attached hydrogen (secondary N) is 1. The third-order valence-corrected chi connectivity index (χ3v) is 2.29. The Morgan fingerprint density at radius 3 is 2.56 bits per heavy atom. The summed E-state index contributed by atoms with van der Waals surface area (Å²) in [7, 11) is 1.76. The predicted octanol–water partition coefficient (Wildman–Crippen LogP) is 2.98. The molecular formula is C13H12F2N2O. The van der Waals surface area contributed by atoms with Crippen LogP contribution in [0.2, 0.25) is 0 Å². The van der Waals surface area contributed by atoms with Crippen molar-refractivity contribution in [2.24, 2.45) is 0 Å². The van der Waals surface area contributed by atoms with Gasteiger partial charge >= 0.3 is 0 Å². The van der Waals surface area contributed by atoms with Crippen LogP contribution in [0.25, 0.3) is 0 Å². The molecule has 0 aliphatic heterocycles. The zero-order chi connectivity index (χ0) is 13.0. The maximum Gasteiger partial charge on any atom is 0.130 e. The molecule has 0 radical (unpaired) electrons. The van der Waals surface area contributed by atoms with Crippen LogP contribution in [0.1, 0.15) is 5.69 Å². The second kappa shape index (κ2) is 5.44. The maximum atomic E-state index is 12.9. The van der Waals surface area contributed by atoms with E-state index < -0.39 is 11.6 Å². The molecule has 1 aromatic heterocycles. The molecule has 0 bridgehead atoms. The Kier molecular flexibility index (Phi) is 3.72. The van der Waals surface area contributed by atoms with E-state index in [-0.39, 0.29) is 12.4 Å². The summed E-state index contributed by atoms with van der Waals surface area (Å²) in [4.78, 5) is 4.23. The van der Waals surface area contributed by atoms with Crippen LogP contribution in [0.15, 0.2) is 36.4 Å². The first-order chi connectivity index (χ1) is 8.67. The summed E-state index contributed by atoms with van der Waals surface area (Å²) in [6, 6.07) is 8.47. The monoisotopic (exact) mass is 250 g/mol. The van der Waals surface area contributed by atoms with E-state index >= 15 is 0 Å².